The molecular weight excluding hydrogens is 236 g/mol. The quantitative estimate of drug-likeness (QED) is 0.368. The van der Waals surface area contributed by atoms with Gasteiger partial charge < -0.3 is 15.5 Å². The molecule has 0 saturated carbocycles. The molecule has 0 fully saturated rings. The normalized spacial score (nSPS) is 9.78. The second kappa shape index (κ2) is 6.55. The Morgan fingerprint density at radius 2 is 1.94 bits per heavy atom. The van der Waals surface area contributed by atoms with Crippen molar-refractivity contribution in [2.75, 3.05) is 42.8 Å². The Morgan fingerprint density at radius 3 is 2.50 bits per heavy atom. The van der Waals surface area contributed by atoms with Crippen LogP contribution in [0.5, 0.6) is 0 Å². The summed E-state index contributed by atoms with van der Waals surface area (Å²) in [7, 11) is 3.59. The summed E-state index contributed by atoms with van der Waals surface area (Å²) in [5, 5.41) is 5.46. The van der Waals surface area contributed by atoms with E-state index in [-0.39, 0.29) is 24.3 Å². The first-order chi connectivity index (χ1) is 8.56. The maximum absolute atomic E-state index is 11.3. The van der Waals surface area contributed by atoms with Crippen LogP contribution in [0, 0.1) is 0 Å². The van der Waals surface area contributed by atoms with E-state index in [1.807, 2.05) is 6.92 Å². The molecule has 0 saturated heterocycles. The molecule has 100 valence electrons. The van der Waals surface area contributed by atoms with E-state index >= 15 is 0 Å². The van der Waals surface area contributed by atoms with Crippen molar-refractivity contribution in [1.29, 1.82) is 0 Å². The summed E-state index contributed by atoms with van der Waals surface area (Å²) < 4.78 is 0. The van der Waals surface area contributed by atoms with Gasteiger partial charge in [0, 0.05) is 20.6 Å². The van der Waals surface area contributed by atoms with Crippen LogP contribution in [0.15, 0.2) is 0 Å². The molecule has 0 radical (unpaired) electrons. The molecule has 9 heteroatoms. The van der Waals surface area contributed by atoms with Crippen molar-refractivity contribution in [1.82, 2.24) is 20.3 Å². The van der Waals surface area contributed by atoms with Crippen LogP contribution in [0.1, 0.15) is 6.92 Å². The van der Waals surface area contributed by atoms with E-state index in [1.165, 1.54) is 0 Å². The molecule has 1 aromatic heterocycles. The van der Waals surface area contributed by atoms with Gasteiger partial charge in [0.1, 0.15) is 0 Å². The fraction of sp³-hybridized carbons (Fsp3) is 0.556. The minimum absolute atomic E-state index is 0.0920. The van der Waals surface area contributed by atoms with Crippen molar-refractivity contribution in [2.24, 2.45) is 5.84 Å². The highest BCUT2D eigenvalue weighted by Gasteiger charge is 2.08. The lowest BCUT2D eigenvalue weighted by atomic mass is 10.5. The summed E-state index contributed by atoms with van der Waals surface area (Å²) >= 11 is 0. The molecule has 5 N–H and O–H groups in total. The zero-order chi connectivity index (χ0) is 13.5. The Bertz CT molecular complexity index is 408. The van der Waals surface area contributed by atoms with Crippen LogP contribution in [-0.2, 0) is 4.79 Å². The number of nitrogen functional groups attached to an aromatic ring is 1. The Kier molecular flexibility index (Phi) is 5.06. The highest BCUT2D eigenvalue weighted by atomic mass is 16.1. The number of carbonyl (C=O) groups excluding carboxylic acids is 1. The van der Waals surface area contributed by atoms with E-state index in [2.05, 4.69) is 31.0 Å². The largest absolute Gasteiger partial charge is 0.355 e. The van der Waals surface area contributed by atoms with Crippen LogP contribution in [0.4, 0.5) is 17.8 Å². The molecule has 0 aromatic carbocycles. The third-order valence-corrected chi connectivity index (χ3v) is 1.93. The fourth-order valence-electron chi connectivity index (χ4n) is 1.13. The third kappa shape index (κ3) is 4.01. The maximum Gasteiger partial charge on any atom is 0.243 e. The average molecular weight is 254 g/mol. The second-order valence-corrected chi connectivity index (χ2v) is 3.63. The first-order valence-corrected chi connectivity index (χ1v) is 5.47. The lowest BCUT2D eigenvalue weighted by molar-refractivity contribution is -0.119. The summed E-state index contributed by atoms with van der Waals surface area (Å²) in [5.41, 5.74) is 2.35. The van der Waals surface area contributed by atoms with Crippen LogP contribution in [0.2, 0.25) is 0 Å². The standard InChI is InChI=1S/C9H18N8O/c1-4-11-6(18)5-12-7-13-8(16-10)15-9(14-7)17(2)3/h4-5,10H2,1-3H3,(H,11,18)(H2,12,13,14,15,16). The summed E-state index contributed by atoms with van der Waals surface area (Å²) in [6.07, 6.45) is 0. The van der Waals surface area contributed by atoms with Gasteiger partial charge in [-0.05, 0) is 6.92 Å². The van der Waals surface area contributed by atoms with Crippen molar-refractivity contribution in [3.8, 4) is 0 Å². The summed E-state index contributed by atoms with van der Waals surface area (Å²) in [6, 6.07) is 0. The lowest BCUT2D eigenvalue weighted by Crippen LogP contribution is -2.30. The topological polar surface area (TPSA) is 121 Å². The Hall–Kier alpha value is -2.16. The molecule has 0 aliphatic heterocycles. The molecule has 1 amide bonds. The number of nitrogens with zero attached hydrogens (tertiary/aromatic N) is 4. The molecule has 9 nitrogen and oxygen atoms in total. The number of amides is 1. The Balaban J connectivity index is 2.75. The van der Waals surface area contributed by atoms with E-state index in [1.54, 1.807) is 19.0 Å². The van der Waals surface area contributed by atoms with Gasteiger partial charge in [0.05, 0.1) is 6.54 Å². The van der Waals surface area contributed by atoms with Crippen LogP contribution in [0.3, 0.4) is 0 Å². The van der Waals surface area contributed by atoms with Gasteiger partial charge in [-0.15, -0.1) is 0 Å². The van der Waals surface area contributed by atoms with Gasteiger partial charge in [0.25, 0.3) is 0 Å². The molecule has 0 bridgehead atoms. The third-order valence-electron chi connectivity index (χ3n) is 1.93. The highest BCUT2D eigenvalue weighted by Crippen LogP contribution is 2.09. The van der Waals surface area contributed by atoms with E-state index in [9.17, 15) is 4.79 Å². The number of aromatic nitrogens is 3. The van der Waals surface area contributed by atoms with Crippen molar-refractivity contribution in [2.45, 2.75) is 6.92 Å². The van der Waals surface area contributed by atoms with Crippen LogP contribution in [-0.4, -0.2) is 48.0 Å². The van der Waals surface area contributed by atoms with E-state index in [4.69, 9.17) is 5.84 Å². The molecule has 0 atom stereocenters. The van der Waals surface area contributed by atoms with Crippen molar-refractivity contribution < 1.29 is 4.79 Å². The SMILES string of the molecule is CCNC(=O)CNc1nc(NN)nc(N(C)C)n1. The van der Waals surface area contributed by atoms with Gasteiger partial charge in [-0.1, -0.05) is 0 Å². The summed E-state index contributed by atoms with van der Waals surface area (Å²) in [5.74, 6) is 6.09. The first kappa shape index (κ1) is 13.9. The number of hydrogen-bond donors (Lipinski definition) is 4. The monoisotopic (exact) mass is 254 g/mol. The number of hydrazine groups is 1. The van der Waals surface area contributed by atoms with Gasteiger partial charge in [0.15, 0.2) is 0 Å². The fourth-order valence-corrected chi connectivity index (χ4v) is 1.13. The van der Waals surface area contributed by atoms with Gasteiger partial charge in [-0.3, -0.25) is 10.2 Å². The van der Waals surface area contributed by atoms with Crippen LogP contribution in [0.25, 0.3) is 0 Å². The predicted octanol–water partition coefficient (Wildman–Crippen LogP) is -1.23. The Labute approximate surface area is 105 Å². The molecule has 1 aromatic rings. The molecule has 18 heavy (non-hydrogen) atoms. The molecule has 0 aliphatic rings. The van der Waals surface area contributed by atoms with Crippen molar-refractivity contribution in [3.05, 3.63) is 0 Å². The first-order valence-electron chi connectivity index (χ1n) is 5.47. The molecule has 1 rings (SSSR count). The maximum atomic E-state index is 11.3. The molecule has 0 aliphatic carbocycles. The number of rotatable bonds is 6. The number of carbonyl (C=O) groups is 1. The van der Waals surface area contributed by atoms with Crippen molar-refractivity contribution in [3.63, 3.8) is 0 Å². The average Bonchev–Trinajstić information content (AvgIpc) is 2.36. The van der Waals surface area contributed by atoms with E-state index in [0.29, 0.717) is 12.5 Å². The minimum Gasteiger partial charge on any atom is -0.355 e. The van der Waals surface area contributed by atoms with Gasteiger partial charge in [-0.2, -0.15) is 15.0 Å². The van der Waals surface area contributed by atoms with Crippen LogP contribution < -0.4 is 26.8 Å². The number of likely N-dealkylation sites (N-methyl/N-ethyl adjacent to an activating group) is 1. The van der Waals surface area contributed by atoms with Gasteiger partial charge >= 0.3 is 0 Å². The lowest BCUT2D eigenvalue weighted by Gasteiger charge is -2.12. The second-order valence-electron chi connectivity index (χ2n) is 3.63. The van der Waals surface area contributed by atoms with Gasteiger partial charge in [-0.25, -0.2) is 5.84 Å². The number of nitrogens with two attached hydrogens (primary N) is 1. The molecular formula is C9H18N8O. The molecule has 0 spiro atoms. The van der Waals surface area contributed by atoms with Gasteiger partial charge in [0.2, 0.25) is 23.8 Å². The highest BCUT2D eigenvalue weighted by molar-refractivity contribution is 5.80. The zero-order valence-corrected chi connectivity index (χ0v) is 10.7. The molecule has 1 heterocycles. The smallest absolute Gasteiger partial charge is 0.243 e. The summed E-state index contributed by atoms with van der Waals surface area (Å²) in [6.45, 7) is 2.52. The summed E-state index contributed by atoms with van der Waals surface area (Å²) in [4.78, 5) is 25.2. The molecule has 0 unspecified atom stereocenters. The number of nitrogens with one attached hydrogen (secondary N) is 3. The van der Waals surface area contributed by atoms with E-state index < -0.39 is 0 Å². The minimum atomic E-state index is -0.133. The zero-order valence-electron chi connectivity index (χ0n) is 10.7. The number of hydrogen-bond acceptors (Lipinski definition) is 8. The predicted molar refractivity (Wildman–Crippen MR) is 69.1 cm³/mol. The van der Waals surface area contributed by atoms with E-state index in [0.717, 1.165) is 0 Å². The Morgan fingerprint density at radius 1 is 1.28 bits per heavy atom. The van der Waals surface area contributed by atoms with Crippen LogP contribution >= 0.6 is 0 Å². The number of anilines is 3. The van der Waals surface area contributed by atoms with Crippen molar-refractivity contribution >= 4 is 23.8 Å².